The number of aliphatic hydroxyl groups is 3. The minimum Gasteiger partial charge on any atom is -0.548 e. The molecule has 0 aromatic rings. The summed E-state index contributed by atoms with van der Waals surface area (Å²) in [6, 6.07) is 0. The third-order valence-corrected chi connectivity index (χ3v) is 2.93. The molecular weight excluding hydrogens is 431 g/mol. The molecule has 0 aliphatic rings. The van der Waals surface area contributed by atoms with Gasteiger partial charge in [-0.15, -0.1) is 0 Å². The van der Waals surface area contributed by atoms with E-state index in [9.17, 15) is 0 Å². The molecule has 0 fully saturated rings. The molecule has 0 aromatic carbocycles. The monoisotopic (exact) mass is 458 g/mol. The van der Waals surface area contributed by atoms with Gasteiger partial charge < -0.3 is 45.0 Å². The van der Waals surface area contributed by atoms with Gasteiger partial charge in [0.2, 0.25) is 0 Å². The van der Waals surface area contributed by atoms with E-state index in [2.05, 4.69) is 6.92 Å². The number of aliphatic hydroxyl groups excluding tert-OH is 3. The molecule has 0 saturated carbocycles. The van der Waals surface area contributed by atoms with Crippen LogP contribution < -0.4 is 15.3 Å². The zero-order valence-electron chi connectivity index (χ0n) is 13.9. The van der Waals surface area contributed by atoms with E-state index in [0.29, 0.717) is 0 Å². The SMILES string of the molecule is CCCCCCC[CH2][Sn+3].O=C([O-])CO.O=C([O-])CO.O=C([O-])CO. The molecule has 9 nitrogen and oxygen atoms in total. The molecule has 0 radical (unpaired) electrons. The van der Waals surface area contributed by atoms with Crippen LogP contribution in [-0.2, 0) is 14.4 Å². The van der Waals surface area contributed by atoms with Crippen LogP contribution in [0.1, 0.15) is 45.4 Å². The molecule has 0 aromatic heterocycles. The maximum Gasteiger partial charge on any atom is 0.0826 e. The Kier molecular flexibility index (Phi) is 38.7. The topological polar surface area (TPSA) is 181 Å². The van der Waals surface area contributed by atoms with Crippen molar-refractivity contribution in [3.8, 4) is 0 Å². The van der Waals surface area contributed by atoms with Gasteiger partial charge in [0.15, 0.2) is 0 Å². The first kappa shape index (κ1) is 30.9. The van der Waals surface area contributed by atoms with Crippen LogP contribution in [0.3, 0.4) is 0 Å². The first-order valence-corrected chi connectivity index (χ1v) is 9.31. The van der Waals surface area contributed by atoms with Gasteiger partial charge in [-0.25, -0.2) is 0 Å². The van der Waals surface area contributed by atoms with Gasteiger partial charge in [0.25, 0.3) is 0 Å². The molecule has 0 spiro atoms. The molecule has 24 heavy (non-hydrogen) atoms. The minimum absolute atomic E-state index is 0.889. The molecule has 0 atom stereocenters. The Bertz CT molecular complexity index is 246. The molecule has 0 bridgehead atoms. The maximum atomic E-state index is 9.01. The Morgan fingerprint density at radius 2 is 0.958 bits per heavy atom. The number of carbonyl (C=O) groups excluding carboxylic acids is 3. The van der Waals surface area contributed by atoms with E-state index in [1.165, 1.54) is 43.0 Å². The van der Waals surface area contributed by atoms with E-state index >= 15 is 0 Å². The van der Waals surface area contributed by atoms with E-state index in [1.807, 2.05) is 0 Å². The van der Waals surface area contributed by atoms with Crippen molar-refractivity contribution in [2.75, 3.05) is 19.8 Å². The van der Waals surface area contributed by atoms with Gasteiger partial charge in [-0.2, -0.15) is 0 Å². The second kappa shape index (κ2) is 30.0. The summed E-state index contributed by atoms with van der Waals surface area (Å²) in [5.41, 5.74) is 0. The number of carboxylic acid groups (broad SMARTS) is 3. The summed E-state index contributed by atoms with van der Waals surface area (Å²) in [6.07, 6.45) is 8.71. The van der Waals surface area contributed by atoms with Gasteiger partial charge in [0.05, 0.1) is 37.7 Å². The van der Waals surface area contributed by atoms with Crippen LogP contribution in [0, 0.1) is 0 Å². The Balaban J connectivity index is -0.000000116. The van der Waals surface area contributed by atoms with E-state index in [1.54, 1.807) is 22.5 Å². The number of carboxylic acids is 3. The number of rotatable bonds is 9. The normalized spacial score (nSPS) is 8.42. The van der Waals surface area contributed by atoms with Crippen molar-refractivity contribution < 1.29 is 45.0 Å². The predicted octanol–water partition coefficient (Wildman–Crippen LogP) is -3.88. The minimum atomic E-state index is -1.44. The summed E-state index contributed by atoms with van der Waals surface area (Å²) in [4.78, 5) is 27.0. The average Bonchev–Trinajstić information content (AvgIpc) is 2.56. The van der Waals surface area contributed by atoms with Crippen molar-refractivity contribution in [1.82, 2.24) is 0 Å². The van der Waals surface area contributed by atoms with Crippen LogP contribution in [0.5, 0.6) is 0 Å². The van der Waals surface area contributed by atoms with Gasteiger partial charge >= 0.3 is 72.4 Å². The summed E-state index contributed by atoms with van der Waals surface area (Å²) in [7, 11) is 0. The maximum absolute atomic E-state index is 9.01. The number of carbonyl (C=O) groups is 3. The van der Waals surface area contributed by atoms with Crippen LogP contribution in [0.4, 0.5) is 0 Å². The van der Waals surface area contributed by atoms with Crippen LogP contribution in [-0.4, -0.2) is 75.6 Å². The summed E-state index contributed by atoms with van der Waals surface area (Å²) in [5, 5.41) is 49.5. The van der Waals surface area contributed by atoms with Crippen molar-refractivity contribution >= 4 is 40.4 Å². The third-order valence-electron chi connectivity index (χ3n) is 1.92. The summed E-state index contributed by atoms with van der Waals surface area (Å²) in [6.45, 7) is -0.399. The third kappa shape index (κ3) is 69.2. The van der Waals surface area contributed by atoms with Crippen molar-refractivity contribution in [3.05, 3.63) is 0 Å². The zero-order chi connectivity index (χ0) is 19.8. The van der Waals surface area contributed by atoms with Gasteiger partial charge in [-0.1, -0.05) is 0 Å². The molecule has 0 amide bonds. The van der Waals surface area contributed by atoms with Gasteiger partial charge in [-0.05, 0) is 0 Å². The second-order valence-electron chi connectivity index (χ2n) is 4.11. The molecule has 0 heterocycles. The number of hydrogen-bond acceptors (Lipinski definition) is 9. The van der Waals surface area contributed by atoms with Crippen LogP contribution in [0.15, 0.2) is 0 Å². The fraction of sp³-hybridized carbons (Fsp3) is 0.786. The second-order valence-corrected chi connectivity index (χ2v) is 5.54. The summed E-state index contributed by atoms with van der Waals surface area (Å²) < 4.78 is 1.46. The predicted molar refractivity (Wildman–Crippen MR) is 80.2 cm³/mol. The van der Waals surface area contributed by atoms with Crippen molar-refractivity contribution in [3.63, 3.8) is 0 Å². The first-order chi connectivity index (χ1) is 11.2. The van der Waals surface area contributed by atoms with E-state index < -0.39 is 37.7 Å². The number of hydrogen-bond donors (Lipinski definition) is 3. The largest absolute Gasteiger partial charge is 0.548 e. The molecule has 10 heteroatoms. The van der Waals surface area contributed by atoms with Crippen molar-refractivity contribution in [1.29, 1.82) is 0 Å². The quantitative estimate of drug-likeness (QED) is 0.231. The van der Waals surface area contributed by atoms with Crippen LogP contribution in [0.25, 0.3) is 0 Å². The average molecular weight is 457 g/mol. The van der Waals surface area contributed by atoms with Crippen molar-refractivity contribution in [2.45, 2.75) is 49.9 Å². The van der Waals surface area contributed by atoms with E-state index in [4.69, 9.17) is 45.0 Å². The standard InChI is InChI=1S/C8H17.3C2H4O3.Sn/c1-3-5-7-8-6-4-2;3*3-1-2(4)5;/h1,3-8H2,2H3;3*3H,1H2,(H,4,5);/q;;;;+3/p-3. The fourth-order valence-electron chi connectivity index (χ4n) is 0.905. The van der Waals surface area contributed by atoms with Crippen LogP contribution in [0.2, 0.25) is 4.44 Å². The fourth-order valence-corrected chi connectivity index (χ4v) is 1.62. The van der Waals surface area contributed by atoms with Crippen molar-refractivity contribution in [2.24, 2.45) is 0 Å². The van der Waals surface area contributed by atoms with Gasteiger partial charge in [0, 0.05) is 0 Å². The number of unbranched alkanes of at least 4 members (excludes halogenated alkanes) is 5. The van der Waals surface area contributed by atoms with Gasteiger partial charge in [0.1, 0.15) is 0 Å². The smallest absolute Gasteiger partial charge is 0.0826 e. The van der Waals surface area contributed by atoms with E-state index in [-0.39, 0.29) is 0 Å². The summed E-state index contributed by atoms with van der Waals surface area (Å²) >= 11 is 1.71. The zero-order valence-corrected chi connectivity index (χ0v) is 16.7. The Morgan fingerprint density at radius 3 is 1.17 bits per heavy atom. The molecule has 140 valence electrons. The Morgan fingerprint density at radius 1 is 0.708 bits per heavy atom. The van der Waals surface area contributed by atoms with Crippen LogP contribution >= 0.6 is 0 Å². The molecule has 0 unspecified atom stereocenters. The summed E-state index contributed by atoms with van der Waals surface area (Å²) in [5.74, 6) is -4.32. The van der Waals surface area contributed by atoms with Gasteiger partial charge in [-0.3, -0.25) is 0 Å². The molecule has 0 aliphatic heterocycles. The number of aliphatic carboxylic acids is 3. The molecule has 0 aliphatic carbocycles. The molecule has 0 rings (SSSR count). The molecule has 3 N–H and O–H groups in total. The van der Waals surface area contributed by atoms with E-state index in [0.717, 1.165) is 0 Å². The first-order valence-electron chi connectivity index (χ1n) is 7.29. The molecular formula is C14H26O9Sn. The Labute approximate surface area is 155 Å². The Hall–Kier alpha value is -0.911. The molecule has 0 saturated heterocycles.